The zero-order valence-corrected chi connectivity index (χ0v) is 19.6. The van der Waals surface area contributed by atoms with Crippen LogP contribution in [0.4, 0.5) is 0 Å². The van der Waals surface area contributed by atoms with E-state index in [4.69, 9.17) is 4.52 Å². The van der Waals surface area contributed by atoms with Gasteiger partial charge in [0.2, 0.25) is 0 Å². The van der Waals surface area contributed by atoms with Gasteiger partial charge >= 0.3 is 194 Å². The fourth-order valence-corrected chi connectivity index (χ4v) is 8.87. The predicted octanol–water partition coefficient (Wildman–Crippen LogP) is 4.16. The van der Waals surface area contributed by atoms with Crippen LogP contribution in [-0.4, -0.2) is 25.6 Å². The van der Waals surface area contributed by atoms with E-state index in [2.05, 4.69) is 0 Å². The average Bonchev–Trinajstić information content (AvgIpc) is 2.85. The van der Waals surface area contributed by atoms with Crippen molar-refractivity contribution in [1.82, 2.24) is 0 Å². The molecule has 33 heavy (non-hydrogen) atoms. The van der Waals surface area contributed by atoms with E-state index < -0.39 is 22.9 Å². The third-order valence-corrected chi connectivity index (χ3v) is 11.9. The molecule has 0 aliphatic rings. The van der Waals surface area contributed by atoms with Gasteiger partial charge in [0, 0.05) is 0 Å². The normalized spacial score (nSPS) is 13.0. The second-order valence-electron chi connectivity index (χ2n) is 7.85. The Labute approximate surface area is 193 Å². The van der Waals surface area contributed by atoms with Crippen molar-refractivity contribution < 1.29 is 22.3 Å². The summed E-state index contributed by atoms with van der Waals surface area (Å²) < 4.78 is 38.6. The van der Waals surface area contributed by atoms with Crippen LogP contribution in [0.25, 0.3) is 0 Å². The van der Waals surface area contributed by atoms with Crippen LogP contribution < -0.4 is 15.9 Å². The summed E-state index contributed by atoms with van der Waals surface area (Å²) in [6.07, 6.45) is 0. The van der Waals surface area contributed by atoms with E-state index in [0.29, 0.717) is 0 Å². The first-order chi connectivity index (χ1) is 15.7. The van der Waals surface area contributed by atoms with E-state index in [1.165, 1.54) is 24.3 Å². The Balaban J connectivity index is 1.94. The van der Waals surface area contributed by atoms with E-state index in [9.17, 15) is 17.8 Å². The fourth-order valence-electron chi connectivity index (χ4n) is 3.99. The van der Waals surface area contributed by atoms with Crippen LogP contribution in [0.3, 0.4) is 0 Å². The second-order valence-corrected chi connectivity index (χ2v) is 13.9. The summed E-state index contributed by atoms with van der Waals surface area (Å²) in [5, 5.41) is 2.64. The van der Waals surface area contributed by atoms with Crippen molar-refractivity contribution in [3.8, 4) is 0 Å². The summed E-state index contributed by atoms with van der Waals surface area (Å²) in [6.45, 7) is -1.76. The van der Waals surface area contributed by atoms with Crippen molar-refractivity contribution in [3.05, 3.63) is 121 Å². The molecule has 4 aromatic rings. The SMILES string of the molecule is CP(OC(=O)c1ccc(S(=O)(=O)O)cc1)(c1ccccc1)(c1ccccc1)c1ccccc1. The molecule has 0 aliphatic heterocycles. The molecule has 0 aliphatic carbocycles. The molecule has 0 radical (unpaired) electrons. The molecule has 1 N–H and O–H groups in total. The summed E-state index contributed by atoms with van der Waals surface area (Å²) >= 11 is 0. The molecule has 168 valence electrons. The van der Waals surface area contributed by atoms with Gasteiger partial charge < -0.3 is 0 Å². The van der Waals surface area contributed by atoms with Gasteiger partial charge in [-0.15, -0.1) is 0 Å². The van der Waals surface area contributed by atoms with Crippen molar-refractivity contribution in [2.24, 2.45) is 0 Å². The molecule has 0 heterocycles. The molecule has 0 aromatic heterocycles. The van der Waals surface area contributed by atoms with Gasteiger partial charge in [-0.3, -0.25) is 0 Å². The molecule has 0 amide bonds. The van der Waals surface area contributed by atoms with E-state index in [1.807, 2.05) is 97.7 Å². The molecule has 0 saturated carbocycles. The molecule has 0 spiro atoms. The molecule has 0 unspecified atom stereocenters. The Hall–Kier alpha value is -3.31. The van der Waals surface area contributed by atoms with Gasteiger partial charge in [0.25, 0.3) is 0 Å². The summed E-state index contributed by atoms with van der Waals surface area (Å²) in [7, 11) is -4.37. The third kappa shape index (κ3) is 4.09. The molecule has 0 bridgehead atoms. The molecule has 5 nitrogen and oxygen atoms in total. The standard InChI is InChI=1S/C26H23O5PS/c1-32(22-11-5-2-6-12-22,23-13-7-3-8-14-23,24-15-9-4-10-16-24)31-26(27)21-17-19-25(20-18-21)33(28,29)30/h2-20H,1H3,(H,28,29,30). The number of carbonyl (C=O) groups is 1. The minimum atomic E-state index is -4.37. The number of carbonyl (C=O) groups excluding carboxylic acids is 1. The van der Waals surface area contributed by atoms with Crippen LogP contribution in [0.5, 0.6) is 0 Å². The summed E-state index contributed by atoms with van der Waals surface area (Å²) in [4.78, 5) is 13.3. The second kappa shape index (κ2) is 8.56. The summed E-state index contributed by atoms with van der Waals surface area (Å²) in [5.41, 5.74) is 0.182. The van der Waals surface area contributed by atoms with Crippen LogP contribution in [-0.2, 0) is 14.6 Å². The van der Waals surface area contributed by atoms with Crippen LogP contribution in [0.2, 0.25) is 0 Å². The molecule has 0 atom stereocenters. The Morgan fingerprint density at radius 3 is 1.36 bits per heavy atom. The molecule has 0 saturated heterocycles. The Bertz CT molecular complexity index is 1270. The van der Waals surface area contributed by atoms with Crippen LogP contribution in [0.1, 0.15) is 10.4 Å². The van der Waals surface area contributed by atoms with Gasteiger partial charge in [-0.2, -0.15) is 0 Å². The number of benzene rings is 4. The number of rotatable bonds is 6. The average molecular weight is 479 g/mol. The Morgan fingerprint density at radius 2 is 1.03 bits per heavy atom. The van der Waals surface area contributed by atoms with Crippen molar-refractivity contribution in [3.63, 3.8) is 0 Å². The topological polar surface area (TPSA) is 80.7 Å². The zero-order valence-electron chi connectivity index (χ0n) is 17.9. The summed E-state index contributed by atoms with van der Waals surface area (Å²) in [6, 6.07) is 34.1. The van der Waals surface area contributed by atoms with Gasteiger partial charge in [0.15, 0.2) is 0 Å². The van der Waals surface area contributed by atoms with Crippen molar-refractivity contribution in [2.75, 3.05) is 6.66 Å². The summed E-state index contributed by atoms with van der Waals surface area (Å²) in [5.74, 6) is -0.589. The van der Waals surface area contributed by atoms with E-state index in [1.54, 1.807) is 0 Å². The maximum absolute atomic E-state index is 13.5. The Kier molecular flexibility index (Phi) is 5.93. The predicted molar refractivity (Wildman–Crippen MR) is 133 cm³/mol. The first kappa shape index (κ1) is 22.9. The molecule has 0 fully saturated rings. The van der Waals surface area contributed by atoms with Gasteiger partial charge in [-0.25, -0.2) is 0 Å². The number of hydrogen-bond donors (Lipinski definition) is 1. The Morgan fingerprint density at radius 1 is 0.667 bits per heavy atom. The first-order valence-electron chi connectivity index (χ1n) is 10.2. The van der Waals surface area contributed by atoms with Crippen LogP contribution in [0, 0.1) is 0 Å². The molecular formula is C26H23O5PS. The van der Waals surface area contributed by atoms with Crippen LogP contribution >= 0.6 is 6.83 Å². The van der Waals surface area contributed by atoms with E-state index in [-0.39, 0.29) is 10.5 Å². The quantitative estimate of drug-likeness (QED) is 0.332. The van der Waals surface area contributed by atoms with Gasteiger partial charge in [0.05, 0.1) is 0 Å². The monoisotopic (exact) mass is 478 g/mol. The van der Waals surface area contributed by atoms with Crippen molar-refractivity contribution in [2.45, 2.75) is 4.90 Å². The zero-order chi connectivity index (χ0) is 23.6. The molecular weight excluding hydrogens is 455 g/mol. The van der Waals surface area contributed by atoms with E-state index in [0.717, 1.165) is 15.9 Å². The fraction of sp³-hybridized carbons (Fsp3) is 0.0385. The molecule has 4 rings (SSSR count). The minimum absolute atomic E-state index is 0.182. The van der Waals surface area contributed by atoms with Crippen molar-refractivity contribution >= 4 is 38.8 Å². The number of hydrogen-bond acceptors (Lipinski definition) is 4. The third-order valence-electron chi connectivity index (χ3n) is 5.83. The van der Waals surface area contributed by atoms with Gasteiger partial charge in [-0.1, -0.05) is 0 Å². The van der Waals surface area contributed by atoms with Gasteiger partial charge in [0.1, 0.15) is 0 Å². The van der Waals surface area contributed by atoms with Gasteiger partial charge in [-0.05, 0) is 0 Å². The van der Waals surface area contributed by atoms with Crippen LogP contribution in [0.15, 0.2) is 120 Å². The molecule has 7 heteroatoms. The maximum atomic E-state index is 13.5. The first-order valence-corrected chi connectivity index (χ1v) is 14.3. The van der Waals surface area contributed by atoms with E-state index >= 15 is 0 Å². The van der Waals surface area contributed by atoms with Crippen molar-refractivity contribution in [1.29, 1.82) is 0 Å². The molecule has 4 aromatic carbocycles.